The van der Waals surface area contributed by atoms with Crippen LogP contribution >= 0.6 is 11.8 Å². The second-order valence-electron chi connectivity index (χ2n) is 6.19. The van der Waals surface area contributed by atoms with Gasteiger partial charge in [-0.15, -0.1) is 0 Å². The largest absolute Gasteiger partial charge is 0.287 e. The van der Waals surface area contributed by atoms with Gasteiger partial charge in [-0.2, -0.15) is 0 Å². The molecule has 0 atom stereocenters. The van der Waals surface area contributed by atoms with Crippen molar-refractivity contribution < 1.29 is 9.72 Å². The zero-order chi connectivity index (χ0) is 19.1. The number of hydrogen-bond donors (Lipinski definition) is 0. The van der Waals surface area contributed by atoms with Crippen LogP contribution in [0.15, 0.2) is 34.2 Å². The van der Waals surface area contributed by atoms with E-state index in [4.69, 9.17) is 0 Å². The molecule has 2 rings (SSSR count). The summed E-state index contributed by atoms with van der Waals surface area (Å²) in [5, 5.41) is 11.6. The number of aliphatic imine (C=N–C) groups is 1. The molecule has 140 valence electrons. The molecular weight excluding hydrogens is 350 g/mol. The van der Waals surface area contributed by atoms with E-state index in [2.05, 4.69) is 18.8 Å². The quantitative estimate of drug-likeness (QED) is 0.281. The fourth-order valence-electron chi connectivity index (χ4n) is 2.56. The number of unbranched alkanes of at least 4 members (excludes halogenated alkanes) is 2. The molecule has 1 amide bonds. The van der Waals surface area contributed by atoms with Crippen LogP contribution in [0.4, 0.5) is 5.69 Å². The smallest absolute Gasteiger partial charge is 0.269 e. The second-order valence-corrected chi connectivity index (χ2v) is 7.17. The number of carbonyl (C=O) groups excluding carboxylic acids is 1. The van der Waals surface area contributed by atoms with Gasteiger partial charge in [-0.1, -0.05) is 26.7 Å². The van der Waals surface area contributed by atoms with E-state index in [0.717, 1.165) is 48.5 Å². The number of rotatable bonds is 8. The van der Waals surface area contributed by atoms with Gasteiger partial charge in [0.05, 0.1) is 9.83 Å². The molecule has 1 aromatic rings. The Morgan fingerprint density at radius 2 is 1.85 bits per heavy atom. The first-order chi connectivity index (χ1) is 12.5. The van der Waals surface area contributed by atoms with Crippen LogP contribution in [0.5, 0.6) is 0 Å². The van der Waals surface area contributed by atoms with Gasteiger partial charge in [-0.3, -0.25) is 24.8 Å². The average molecular weight is 375 g/mol. The van der Waals surface area contributed by atoms with E-state index in [-0.39, 0.29) is 11.6 Å². The number of thioether (sulfide) groups is 1. The Bertz CT molecular complexity index is 726. The van der Waals surface area contributed by atoms with Crippen molar-refractivity contribution in [1.29, 1.82) is 0 Å². The number of nitrogens with zero attached hydrogens (tertiary/aromatic N) is 3. The molecule has 1 saturated heterocycles. The summed E-state index contributed by atoms with van der Waals surface area (Å²) in [6, 6.07) is 6.32. The third-order valence-electron chi connectivity index (χ3n) is 4.21. The van der Waals surface area contributed by atoms with Crippen LogP contribution in [0, 0.1) is 10.1 Å². The number of hydrogen-bond acceptors (Lipinski definition) is 5. The van der Waals surface area contributed by atoms with Gasteiger partial charge in [-0.05, 0) is 54.8 Å². The Hall–Kier alpha value is -2.15. The van der Waals surface area contributed by atoms with Crippen LogP contribution in [0.3, 0.4) is 0 Å². The molecule has 1 aromatic carbocycles. The molecule has 0 unspecified atom stereocenters. The summed E-state index contributed by atoms with van der Waals surface area (Å²) < 4.78 is 0. The molecule has 7 heteroatoms. The molecule has 0 aromatic heterocycles. The zero-order valence-corrected chi connectivity index (χ0v) is 16.3. The summed E-state index contributed by atoms with van der Waals surface area (Å²) in [4.78, 5) is 30.3. The number of nitro groups is 1. The lowest BCUT2D eigenvalue weighted by Gasteiger charge is -2.15. The fraction of sp³-hybridized carbons (Fsp3) is 0.474. The van der Waals surface area contributed by atoms with Crippen LogP contribution in [0.25, 0.3) is 5.57 Å². The number of non-ortho nitro benzene ring substituents is 1. The lowest BCUT2D eigenvalue weighted by Crippen LogP contribution is -2.30. The molecule has 0 spiro atoms. The molecule has 0 aliphatic carbocycles. The van der Waals surface area contributed by atoms with Crippen molar-refractivity contribution in [3.8, 4) is 0 Å². The summed E-state index contributed by atoms with van der Waals surface area (Å²) in [7, 11) is 0. The van der Waals surface area contributed by atoms with Gasteiger partial charge >= 0.3 is 0 Å². The third-order valence-corrected chi connectivity index (χ3v) is 5.43. The molecule has 0 radical (unpaired) electrons. The second kappa shape index (κ2) is 9.52. The molecule has 1 heterocycles. The Labute approximate surface area is 158 Å². The number of nitro benzene ring substituents is 1. The predicted molar refractivity (Wildman–Crippen MR) is 107 cm³/mol. The number of amides is 1. The molecule has 6 nitrogen and oxygen atoms in total. The predicted octanol–water partition coefficient (Wildman–Crippen LogP) is 4.86. The van der Waals surface area contributed by atoms with Gasteiger partial charge in [0.1, 0.15) is 0 Å². The number of benzene rings is 1. The Morgan fingerprint density at radius 3 is 2.42 bits per heavy atom. The van der Waals surface area contributed by atoms with Crippen molar-refractivity contribution in [3.63, 3.8) is 0 Å². The van der Waals surface area contributed by atoms with E-state index in [9.17, 15) is 14.9 Å². The highest BCUT2D eigenvalue weighted by molar-refractivity contribution is 8.18. The molecule has 1 aliphatic rings. The molecular formula is C19H25N3O3S. The van der Waals surface area contributed by atoms with Crippen molar-refractivity contribution in [2.45, 2.75) is 46.5 Å². The molecule has 0 N–H and O–H groups in total. The van der Waals surface area contributed by atoms with Gasteiger partial charge < -0.3 is 0 Å². The SMILES string of the molecule is CCCCN=C1S/C(=C(/C)c2ccc([N+](=O)[O-])cc2)C(=O)N1CCCC. The molecule has 1 aliphatic heterocycles. The Kier molecular flexibility index (Phi) is 7.38. The number of allylic oxidation sites excluding steroid dienone is 1. The van der Waals surface area contributed by atoms with Gasteiger partial charge in [-0.25, -0.2) is 0 Å². The lowest BCUT2D eigenvalue weighted by molar-refractivity contribution is -0.384. The monoisotopic (exact) mass is 375 g/mol. The zero-order valence-electron chi connectivity index (χ0n) is 15.5. The van der Waals surface area contributed by atoms with Gasteiger partial charge in [0.2, 0.25) is 0 Å². The summed E-state index contributed by atoms with van der Waals surface area (Å²) in [5.41, 5.74) is 1.69. The molecule has 26 heavy (non-hydrogen) atoms. The van der Waals surface area contributed by atoms with E-state index in [1.54, 1.807) is 17.0 Å². The van der Waals surface area contributed by atoms with Crippen molar-refractivity contribution in [2.75, 3.05) is 13.1 Å². The first kappa shape index (κ1) is 20.2. The van der Waals surface area contributed by atoms with Crippen LogP contribution in [-0.2, 0) is 4.79 Å². The summed E-state index contributed by atoms with van der Waals surface area (Å²) >= 11 is 1.41. The van der Waals surface area contributed by atoms with Crippen molar-refractivity contribution >= 4 is 34.1 Å². The minimum absolute atomic E-state index is 0.0189. The van der Waals surface area contributed by atoms with E-state index >= 15 is 0 Å². The number of amidine groups is 1. The molecule has 0 saturated carbocycles. The Balaban J connectivity index is 2.31. The maximum Gasteiger partial charge on any atom is 0.269 e. The average Bonchev–Trinajstić information content (AvgIpc) is 2.95. The van der Waals surface area contributed by atoms with Crippen molar-refractivity contribution in [3.05, 3.63) is 44.8 Å². The highest BCUT2D eigenvalue weighted by Crippen LogP contribution is 2.37. The van der Waals surface area contributed by atoms with E-state index < -0.39 is 4.92 Å². The topological polar surface area (TPSA) is 75.8 Å². The first-order valence-corrected chi connectivity index (χ1v) is 9.81. The summed E-state index contributed by atoms with van der Waals surface area (Å²) in [5.74, 6) is -0.0189. The van der Waals surface area contributed by atoms with Crippen molar-refractivity contribution in [2.24, 2.45) is 4.99 Å². The maximum absolute atomic E-state index is 12.9. The molecule has 1 fully saturated rings. The lowest BCUT2D eigenvalue weighted by atomic mass is 10.1. The van der Waals surface area contributed by atoms with E-state index in [0.29, 0.717) is 11.4 Å². The van der Waals surface area contributed by atoms with Gasteiger partial charge in [0.15, 0.2) is 5.17 Å². The highest BCUT2D eigenvalue weighted by Gasteiger charge is 2.34. The Morgan fingerprint density at radius 1 is 1.19 bits per heavy atom. The van der Waals surface area contributed by atoms with Crippen LogP contribution in [0.2, 0.25) is 0 Å². The third kappa shape index (κ3) is 4.72. The maximum atomic E-state index is 12.9. The summed E-state index contributed by atoms with van der Waals surface area (Å²) in [6.07, 6.45) is 4.01. The highest BCUT2D eigenvalue weighted by atomic mass is 32.2. The standard InChI is InChI=1S/C19H25N3O3S/c1-4-6-12-20-19-21(13-7-5-2)18(23)17(26-19)14(3)15-8-10-16(11-9-15)22(24)25/h8-11H,4-7,12-13H2,1-3H3/b17-14-,20-19?. The minimum Gasteiger partial charge on any atom is -0.287 e. The fourth-order valence-corrected chi connectivity index (χ4v) is 3.66. The normalized spacial score (nSPS) is 17.9. The van der Waals surface area contributed by atoms with Gasteiger partial charge in [0.25, 0.3) is 11.6 Å². The minimum atomic E-state index is -0.424. The van der Waals surface area contributed by atoms with Crippen LogP contribution in [0.1, 0.15) is 52.0 Å². The van der Waals surface area contributed by atoms with Crippen LogP contribution < -0.4 is 0 Å². The van der Waals surface area contributed by atoms with Crippen LogP contribution in [-0.4, -0.2) is 34.0 Å². The first-order valence-electron chi connectivity index (χ1n) is 8.99. The van der Waals surface area contributed by atoms with Gasteiger partial charge in [0, 0.05) is 25.2 Å². The number of carbonyl (C=O) groups is 1. The molecule has 0 bridgehead atoms. The van der Waals surface area contributed by atoms with E-state index in [1.165, 1.54) is 23.9 Å². The van der Waals surface area contributed by atoms with Crippen molar-refractivity contribution in [1.82, 2.24) is 4.90 Å². The summed E-state index contributed by atoms with van der Waals surface area (Å²) in [6.45, 7) is 7.49. The van der Waals surface area contributed by atoms with E-state index in [1.807, 2.05) is 6.92 Å².